The molecule has 0 unspecified atom stereocenters. The van der Waals surface area contributed by atoms with Gasteiger partial charge in [0.1, 0.15) is 17.3 Å². The van der Waals surface area contributed by atoms with E-state index in [-0.39, 0.29) is 5.82 Å². The summed E-state index contributed by atoms with van der Waals surface area (Å²) in [4.78, 5) is 0. The number of benzene rings is 2. The minimum absolute atomic E-state index is 0.345. The van der Waals surface area contributed by atoms with Crippen LogP contribution in [0.15, 0.2) is 40.9 Å². The molecule has 0 spiro atoms. The molecule has 0 aromatic heterocycles. The highest BCUT2D eigenvalue weighted by atomic mass is 79.9. The maximum absolute atomic E-state index is 13.2. The normalized spacial score (nSPS) is 10.4. The fraction of sp³-hybridized carbons (Fsp3) is 0.0769. The molecule has 0 amide bonds. The summed E-state index contributed by atoms with van der Waals surface area (Å²) in [5.41, 5.74) is 0.902. The molecule has 1 nitrogen and oxygen atoms in total. The first-order valence-corrected chi connectivity index (χ1v) is 7.36. The van der Waals surface area contributed by atoms with Crippen molar-refractivity contribution in [2.45, 2.75) is 5.33 Å². The van der Waals surface area contributed by atoms with E-state index in [1.807, 2.05) is 0 Å². The van der Waals surface area contributed by atoms with Gasteiger partial charge in [0.15, 0.2) is 0 Å². The van der Waals surface area contributed by atoms with Gasteiger partial charge in [0.2, 0.25) is 0 Å². The molecule has 5 heteroatoms. The van der Waals surface area contributed by atoms with E-state index in [2.05, 4.69) is 31.9 Å². The van der Waals surface area contributed by atoms with Crippen LogP contribution in [-0.2, 0) is 5.33 Å². The van der Waals surface area contributed by atoms with Crippen LogP contribution in [0.4, 0.5) is 4.39 Å². The Morgan fingerprint density at radius 3 is 2.61 bits per heavy atom. The van der Waals surface area contributed by atoms with Crippen LogP contribution in [0.2, 0.25) is 5.02 Å². The highest BCUT2D eigenvalue weighted by Crippen LogP contribution is 2.33. The van der Waals surface area contributed by atoms with Crippen molar-refractivity contribution in [3.63, 3.8) is 0 Å². The average Bonchev–Trinajstić information content (AvgIpc) is 2.36. The van der Waals surface area contributed by atoms with Crippen LogP contribution in [0, 0.1) is 5.82 Å². The van der Waals surface area contributed by atoms with Crippen LogP contribution >= 0.6 is 43.5 Å². The van der Waals surface area contributed by atoms with Gasteiger partial charge in [-0.1, -0.05) is 27.5 Å². The van der Waals surface area contributed by atoms with E-state index in [1.165, 1.54) is 12.1 Å². The second-order valence-corrected chi connectivity index (χ2v) is 5.41. The number of ether oxygens (including phenoxy) is 1. The molecule has 2 aromatic carbocycles. The minimum Gasteiger partial charge on any atom is -0.456 e. The van der Waals surface area contributed by atoms with Crippen molar-refractivity contribution in [1.82, 2.24) is 0 Å². The summed E-state index contributed by atoms with van der Waals surface area (Å²) in [6.45, 7) is 0. The molecule has 94 valence electrons. The lowest BCUT2D eigenvalue weighted by molar-refractivity contribution is 0.470. The first kappa shape index (κ1) is 13.8. The third-order valence-electron chi connectivity index (χ3n) is 2.28. The number of halogens is 4. The minimum atomic E-state index is -0.345. The molecule has 0 atom stereocenters. The van der Waals surface area contributed by atoms with Gasteiger partial charge < -0.3 is 4.74 Å². The van der Waals surface area contributed by atoms with Gasteiger partial charge in [-0.3, -0.25) is 0 Å². The van der Waals surface area contributed by atoms with Crippen LogP contribution in [0.3, 0.4) is 0 Å². The lowest BCUT2D eigenvalue weighted by atomic mass is 10.2. The molecule has 0 aliphatic rings. The Morgan fingerprint density at radius 1 is 1.11 bits per heavy atom. The summed E-state index contributed by atoms with van der Waals surface area (Å²) in [5.74, 6) is 0.727. The SMILES string of the molecule is Fc1ccc(Br)c(Oc2ccc(Cl)cc2CBr)c1. The van der Waals surface area contributed by atoms with Gasteiger partial charge in [0.05, 0.1) is 4.47 Å². The quantitative estimate of drug-likeness (QED) is 0.587. The standard InChI is InChI=1S/C13H8Br2ClFO/c14-7-8-5-9(16)1-4-12(8)18-13-6-10(17)2-3-11(13)15/h1-6H,7H2. The molecule has 18 heavy (non-hydrogen) atoms. The smallest absolute Gasteiger partial charge is 0.144 e. The van der Waals surface area contributed by atoms with E-state index in [4.69, 9.17) is 16.3 Å². The van der Waals surface area contributed by atoms with Gasteiger partial charge in [-0.2, -0.15) is 0 Å². The summed E-state index contributed by atoms with van der Waals surface area (Å²) >= 11 is 12.6. The van der Waals surface area contributed by atoms with Gasteiger partial charge >= 0.3 is 0 Å². The largest absolute Gasteiger partial charge is 0.456 e. The molecule has 0 aliphatic heterocycles. The predicted octanol–water partition coefficient (Wildman–Crippen LogP) is 5.93. The number of hydrogen-bond acceptors (Lipinski definition) is 1. The second kappa shape index (κ2) is 6.04. The summed E-state index contributed by atoms with van der Waals surface area (Å²) in [6.07, 6.45) is 0. The Bertz CT molecular complexity index is 575. The van der Waals surface area contributed by atoms with Crippen LogP contribution in [0.1, 0.15) is 5.56 Å². The summed E-state index contributed by atoms with van der Waals surface area (Å²) in [7, 11) is 0. The Hall–Kier alpha value is -0.580. The van der Waals surface area contributed by atoms with Gasteiger partial charge in [0.25, 0.3) is 0 Å². The number of hydrogen-bond donors (Lipinski definition) is 0. The van der Waals surface area contributed by atoms with Gasteiger partial charge in [-0.25, -0.2) is 4.39 Å². The van der Waals surface area contributed by atoms with Crippen molar-refractivity contribution in [3.05, 3.63) is 57.3 Å². The van der Waals surface area contributed by atoms with Crippen molar-refractivity contribution in [2.24, 2.45) is 0 Å². The van der Waals surface area contributed by atoms with Crippen molar-refractivity contribution in [3.8, 4) is 11.5 Å². The molecule has 0 radical (unpaired) electrons. The van der Waals surface area contributed by atoms with E-state index in [9.17, 15) is 4.39 Å². The van der Waals surface area contributed by atoms with Gasteiger partial charge in [0, 0.05) is 22.0 Å². The van der Waals surface area contributed by atoms with E-state index in [0.29, 0.717) is 26.3 Å². The lowest BCUT2D eigenvalue weighted by Gasteiger charge is -2.11. The Labute approximate surface area is 126 Å². The van der Waals surface area contributed by atoms with Gasteiger partial charge in [-0.05, 0) is 46.3 Å². The van der Waals surface area contributed by atoms with E-state index >= 15 is 0 Å². The molecule has 0 fully saturated rings. The molecule has 2 aromatic rings. The maximum Gasteiger partial charge on any atom is 0.144 e. The summed E-state index contributed by atoms with van der Waals surface area (Å²) < 4.78 is 19.6. The molecule has 0 bridgehead atoms. The Balaban J connectivity index is 2.36. The van der Waals surface area contributed by atoms with E-state index < -0.39 is 0 Å². The van der Waals surface area contributed by atoms with Gasteiger partial charge in [-0.15, -0.1) is 0 Å². The van der Waals surface area contributed by atoms with Crippen LogP contribution in [-0.4, -0.2) is 0 Å². The average molecular weight is 394 g/mol. The highest BCUT2D eigenvalue weighted by molar-refractivity contribution is 9.10. The van der Waals surface area contributed by atoms with Crippen molar-refractivity contribution >= 4 is 43.5 Å². The Kier molecular flexibility index (Phi) is 4.65. The zero-order valence-electron chi connectivity index (χ0n) is 9.09. The first-order chi connectivity index (χ1) is 8.60. The number of alkyl halides is 1. The summed E-state index contributed by atoms with van der Waals surface area (Å²) in [6, 6.07) is 9.60. The molecular weight excluding hydrogens is 386 g/mol. The molecular formula is C13H8Br2ClFO. The maximum atomic E-state index is 13.2. The zero-order valence-corrected chi connectivity index (χ0v) is 13.0. The highest BCUT2D eigenvalue weighted by Gasteiger charge is 2.08. The molecule has 2 rings (SSSR count). The fourth-order valence-electron chi connectivity index (χ4n) is 1.43. The predicted molar refractivity (Wildman–Crippen MR) is 78.3 cm³/mol. The molecule has 0 saturated heterocycles. The topological polar surface area (TPSA) is 9.23 Å². The Morgan fingerprint density at radius 2 is 1.89 bits per heavy atom. The molecule has 0 N–H and O–H groups in total. The van der Waals surface area contributed by atoms with Crippen LogP contribution < -0.4 is 4.74 Å². The van der Waals surface area contributed by atoms with E-state index in [1.54, 1.807) is 24.3 Å². The molecule has 0 heterocycles. The first-order valence-electron chi connectivity index (χ1n) is 5.07. The van der Waals surface area contributed by atoms with Crippen LogP contribution in [0.5, 0.6) is 11.5 Å². The zero-order chi connectivity index (χ0) is 13.1. The third-order valence-corrected chi connectivity index (χ3v) is 3.77. The fourth-order valence-corrected chi connectivity index (χ4v) is 2.39. The van der Waals surface area contributed by atoms with Crippen molar-refractivity contribution < 1.29 is 9.13 Å². The lowest BCUT2D eigenvalue weighted by Crippen LogP contribution is -1.91. The molecule has 0 aliphatic carbocycles. The third kappa shape index (κ3) is 3.25. The summed E-state index contributed by atoms with van der Waals surface area (Å²) in [5, 5.41) is 1.24. The number of rotatable bonds is 3. The second-order valence-electron chi connectivity index (χ2n) is 3.56. The van der Waals surface area contributed by atoms with Crippen molar-refractivity contribution in [1.29, 1.82) is 0 Å². The monoisotopic (exact) mass is 392 g/mol. The van der Waals surface area contributed by atoms with E-state index in [0.717, 1.165) is 5.56 Å². The van der Waals surface area contributed by atoms with Crippen LogP contribution in [0.25, 0.3) is 0 Å². The van der Waals surface area contributed by atoms with Crippen molar-refractivity contribution in [2.75, 3.05) is 0 Å². The molecule has 0 saturated carbocycles.